The zero-order valence-electron chi connectivity index (χ0n) is 13.1. The van der Waals surface area contributed by atoms with Crippen LogP contribution in [0.4, 0.5) is 26.3 Å². The van der Waals surface area contributed by atoms with Gasteiger partial charge in [-0.05, 0) is 24.1 Å². The summed E-state index contributed by atoms with van der Waals surface area (Å²) in [5, 5.41) is 11.7. The number of alkyl halides is 6. The van der Waals surface area contributed by atoms with Crippen LogP contribution in [0.15, 0.2) is 24.3 Å². The smallest absolute Gasteiger partial charge is 0.439 e. The Bertz CT molecular complexity index is 561. The molecule has 0 aliphatic heterocycles. The molecule has 10 heteroatoms. The van der Waals surface area contributed by atoms with E-state index in [1.807, 2.05) is 6.92 Å². The lowest BCUT2D eigenvalue weighted by molar-refractivity contribution is -0.304. The van der Waals surface area contributed by atoms with Gasteiger partial charge in [0.1, 0.15) is 11.8 Å². The van der Waals surface area contributed by atoms with Crippen molar-refractivity contribution in [2.45, 2.75) is 50.8 Å². The third kappa shape index (κ3) is 6.45. The van der Waals surface area contributed by atoms with Gasteiger partial charge >= 0.3 is 18.3 Å². The number of carboxylic acids is 1. The first kappa shape index (κ1) is 21.1. The molecule has 4 nitrogen and oxygen atoms in total. The van der Waals surface area contributed by atoms with Crippen LogP contribution in [-0.4, -0.2) is 35.6 Å². The summed E-state index contributed by atoms with van der Waals surface area (Å²) in [6.07, 6.45) is -14.2. The molecule has 2 unspecified atom stereocenters. The van der Waals surface area contributed by atoms with Crippen LogP contribution in [-0.2, 0) is 11.3 Å². The van der Waals surface area contributed by atoms with Crippen LogP contribution >= 0.6 is 0 Å². The molecule has 0 saturated heterocycles. The van der Waals surface area contributed by atoms with E-state index in [2.05, 4.69) is 10.1 Å². The van der Waals surface area contributed by atoms with Crippen molar-refractivity contribution in [2.75, 3.05) is 0 Å². The number of rotatable bonds is 9. The van der Waals surface area contributed by atoms with Crippen molar-refractivity contribution in [2.24, 2.45) is 0 Å². The lowest BCUT2D eigenvalue weighted by Crippen LogP contribution is -2.45. The molecule has 2 N–H and O–H groups in total. The Kier molecular flexibility index (Phi) is 7.09. The Hall–Kier alpha value is -1.97. The topological polar surface area (TPSA) is 58.6 Å². The number of hydrogen-bond donors (Lipinski definition) is 2. The van der Waals surface area contributed by atoms with Crippen LogP contribution in [0.5, 0.6) is 5.75 Å². The van der Waals surface area contributed by atoms with Crippen LogP contribution in [0.1, 0.15) is 25.3 Å². The van der Waals surface area contributed by atoms with E-state index in [4.69, 9.17) is 5.11 Å². The molecule has 1 aromatic carbocycles. The highest BCUT2D eigenvalue weighted by Crippen LogP contribution is 2.36. The third-order valence-electron chi connectivity index (χ3n) is 3.19. The Balaban J connectivity index is 2.69. The van der Waals surface area contributed by atoms with Gasteiger partial charge in [0.05, 0.1) is 0 Å². The zero-order valence-corrected chi connectivity index (χ0v) is 13.1. The fraction of sp³-hybridized carbons (Fsp3) is 0.533. The lowest BCUT2D eigenvalue weighted by Gasteiger charge is -2.23. The Morgan fingerprint density at radius 1 is 1.20 bits per heavy atom. The average molecular weight is 373 g/mol. The van der Waals surface area contributed by atoms with Crippen molar-refractivity contribution in [3.05, 3.63) is 29.8 Å². The predicted octanol–water partition coefficient (Wildman–Crippen LogP) is 3.90. The van der Waals surface area contributed by atoms with Gasteiger partial charge in [-0.2, -0.15) is 22.0 Å². The molecule has 1 rings (SSSR count). The SMILES string of the molecule is CCCC(NCc1ccc(OC(F)(F)C(F)C(F)(F)F)cc1)C(=O)O. The van der Waals surface area contributed by atoms with Gasteiger partial charge < -0.3 is 15.2 Å². The largest absolute Gasteiger partial charge is 0.480 e. The number of halogens is 6. The maximum Gasteiger partial charge on any atom is 0.439 e. The molecule has 0 bridgehead atoms. The molecule has 142 valence electrons. The molecule has 0 spiro atoms. The molecule has 1 aromatic rings. The van der Waals surface area contributed by atoms with Gasteiger partial charge in [0.25, 0.3) is 6.17 Å². The summed E-state index contributed by atoms with van der Waals surface area (Å²) in [7, 11) is 0. The number of hydrogen-bond acceptors (Lipinski definition) is 3. The van der Waals surface area contributed by atoms with E-state index in [1.165, 1.54) is 12.1 Å². The Labute approximate surface area is 139 Å². The van der Waals surface area contributed by atoms with E-state index >= 15 is 0 Å². The van der Waals surface area contributed by atoms with Gasteiger partial charge in [0.15, 0.2) is 0 Å². The van der Waals surface area contributed by atoms with Crippen molar-refractivity contribution in [3.63, 3.8) is 0 Å². The van der Waals surface area contributed by atoms with Crippen molar-refractivity contribution < 1.29 is 41.0 Å². The van der Waals surface area contributed by atoms with E-state index in [0.717, 1.165) is 12.1 Å². The monoisotopic (exact) mass is 373 g/mol. The summed E-state index contributed by atoms with van der Waals surface area (Å²) in [5.74, 6) is -1.69. The van der Waals surface area contributed by atoms with Gasteiger partial charge in [-0.25, -0.2) is 4.39 Å². The average Bonchev–Trinajstić information content (AvgIpc) is 2.50. The van der Waals surface area contributed by atoms with Crippen molar-refractivity contribution in [1.29, 1.82) is 0 Å². The van der Waals surface area contributed by atoms with Crippen molar-refractivity contribution in [3.8, 4) is 5.75 Å². The maximum absolute atomic E-state index is 13.1. The molecular formula is C15H17F6NO3. The fourth-order valence-corrected chi connectivity index (χ4v) is 1.92. The van der Waals surface area contributed by atoms with Crippen LogP contribution in [0.3, 0.4) is 0 Å². The molecule has 0 aliphatic carbocycles. The van der Waals surface area contributed by atoms with E-state index in [0.29, 0.717) is 18.4 Å². The number of carbonyl (C=O) groups is 1. The van der Waals surface area contributed by atoms with E-state index in [9.17, 15) is 31.1 Å². The van der Waals surface area contributed by atoms with Crippen molar-refractivity contribution in [1.82, 2.24) is 5.32 Å². The molecule has 0 aliphatic rings. The van der Waals surface area contributed by atoms with Gasteiger partial charge in [-0.3, -0.25) is 4.79 Å². The molecule has 25 heavy (non-hydrogen) atoms. The Morgan fingerprint density at radius 3 is 2.20 bits per heavy atom. The van der Waals surface area contributed by atoms with Gasteiger partial charge in [0.2, 0.25) is 0 Å². The normalized spacial score (nSPS) is 14.8. The standard InChI is InChI=1S/C15H17F6NO3/c1-2-3-11(12(23)24)22-8-9-4-6-10(7-5-9)25-15(20,21)13(16)14(17,18)19/h4-7,11,13,22H,2-3,8H2,1H3,(H,23,24). The first-order chi connectivity index (χ1) is 11.5. The summed E-state index contributed by atoms with van der Waals surface area (Å²) in [5.41, 5.74) is 0.491. The van der Waals surface area contributed by atoms with Gasteiger partial charge in [0, 0.05) is 6.54 Å². The van der Waals surface area contributed by atoms with Gasteiger partial charge in [-0.15, -0.1) is 0 Å². The second kappa shape index (κ2) is 8.41. The first-order valence-corrected chi connectivity index (χ1v) is 7.30. The van der Waals surface area contributed by atoms with E-state index < -0.39 is 36.2 Å². The second-order valence-corrected chi connectivity index (χ2v) is 5.27. The predicted molar refractivity (Wildman–Crippen MR) is 76.1 cm³/mol. The first-order valence-electron chi connectivity index (χ1n) is 7.30. The second-order valence-electron chi connectivity index (χ2n) is 5.27. The van der Waals surface area contributed by atoms with Crippen LogP contribution in [0, 0.1) is 0 Å². The van der Waals surface area contributed by atoms with E-state index in [1.54, 1.807) is 0 Å². The van der Waals surface area contributed by atoms with Crippen molar-refractivity contribution >= 4 is 5.97 Å². The quantitative estimate of drug-likeness (QED) is 0.645. The third-order valence-corrected chi connectivity index (χ3v) is 3.19. The molecule has 0 fully saturated rings. The lowest BCUT2D eigenvalue weighted by atomic mass is 10.1. The number of ether oxygens (including phenoxy) is 1. The summed E-state index contributed by atoms with van der Waals surface area (Å²) < 4.78 is 78.9. The molecule has 0 saturated carbocycles. The molecule has 0 heterocycles. The Morgan fingerprint density at radius 2 is 1.76 bits per heavy atom. The molecule has 2 atom stereocenters. The number of benzene rings is 1. The van der Waals surface area contributed by atoms with Crippen LogP contribution < -0.4 is 10.1 Å². The van der Waals surface area contributed by atoms with Crippen LogP contribution in [0.25, 0.3) is 0 Å². The summed E-state index contributed by atoms with van der Waals surface area (Å²) in [6, 6.07) is 3.62. The molecule has 0 amide bonds. The molecular weight excluding hydrogens is 356 g/mol. The highest BCUT2D eigenvalue weighted by Gasteiger charge is 2.59. The summed E-state index contributed by atoms with van der Waals surface area (Å²) >= 11 is 0. The highest BCUT2D eigenvalue weighted by atomic mass is 19.4. The fourth-order valence-electron chi connectivity index (χ4n) is 1.92. The summed E-state index contributed by atoms with van der Waals surface area (Å²) in [6.45, 7) is 1.91. The number of nitrogens with one attached hydrogen (secondary N) is 1. The van der Waals surface area contributed by atoms with E-state index in [-0.39, 0.29) is 6.54 Å². The molecule has 0 aromatic heterocycles. The minimum atomic E-state index is -5.75. The zero-order chi connectivity index (χ0) is 19.3. The summed E-state index contributed by atoms with van der Waals surface area (Å²) in [4.78, 5) is 11.0. The highest BCUT2D eigenvalue weighted by molar-refractivity contribution is 5.73. The number of aliphatic carboxylic acids is 1. The minimum Gasteiger partial charge on any atom is -0.480 e. The number of carboxylic acid groups (broad SMARTS) is 1. The minimum absolute atomic E-state index is 0.0991. The maximum atomic E-state index is 13.1. The van der Waals surface area contributed by atoms with Crippen LogP contribution in [0.2, 0.25) is 0 Å². The van der Waals surface area contributed by atoms with Gasteiger partial charge in [-0.1, -0.05) is 25.5 Å². The molecule has 0 radical (unpaired) electrons.